The van der Waals surface area contributed by atoms with Crippen molar-refractivity contribution in [3.8, 4) is 0 Å². The summed E-state index contributed by atoms with van der Waals surface area (Å²) >= 11 is 6.42. The molecule has 0 fully saturated rings. The highest BCUT2D eigenvalue weighted by molar-refractivity contribution is 6.22. The molecular formula is C23H23ClN4O. The number of nitrogens with one attached hydrogen (secondary N) is 2. The smallest absolute Gasteiger partial charge is 0.229 e. The number of aromatic nitrogens is 2. The molecule has 0 saturated heterocycles. The van der Waals surface area contributed by atoms with Crippen LogP contribution in [0.3, 0.4) is 0 Å². The molecule has 1 aliphatic rings. The maximum atomic E-state index is 6.42. The fourth-order valence-corrected chi connectivity index (χ4v) is 3.46. The van der Waals surface area contributed by atoms with E-state index < -0.39 is 0 Å². The van der Waals surface area contributed by atoms with E-state index in [1.165, 1.54) is 5.56 Å². The Morgan fingerprint density at radius 2 is 1.76 bits per heavy atom. The van der Waals surface area contributed by atoms with Crippen molar-refractivity contribution < 1.29 is 4.74 Å². The topological polar surface area (TPSA) is 59.1 Å². The fourth-order valence-electron chi connectivity index (χ4n) is 3.26. The van der Waals surface area contributed by atoms with E-state index in [1.54, 1.807) is 7.11 Å². The van der Waals surface area contributed by atoms with E-state index in [1.807, 2.05) is 54.6 Å². The maximum absolute atomic E-state index is 6.42. The number of allylic oxidation sites excluding steroid dienone is 2. The number of hydrogen-bond donors (Lipinski definition) is 2. The molecule has 1 heterocycles. The zero-order chi connectivity index (χ0) is 20.2. The summed E-state index contributed by atoms with van der Waals surface area (Å²) < 4.78 is 5.52. The van der Waals surface area contributed by atoms with Crippen LogP contribution in [0.4, 0.5) is 11.8 Å². The van der Waals surface area contributed by atoms with Crippen LogP contribution in [0.1, 0.15) is 12.5 Å². The lowest BCUT2D eigenvalue weighted by Crippen LogP contribution is -2.19. The lowest BCUT2D eigenvalue weighted by atomic mass is 9.99. The van der Waals surface area contributed by atoms with Crippen LogP contribution in [0.25, 0.3) is 10.9 Å². The summed E-state index contributed by atoms with van der Waals surface area (Å²) in [6.07, 6.45) is 3.95. The molecule has 148 valence electrons. The summed E-state index contributed by atoms with van der Waals surface area (Å²) in [5, 5.41) is 7.58. The molecule has 1 aliphatic carbocycles. The van der Waals surface area contributed by atoms with Gasteiger partial charge in [0.05, 0.1) is 23.7 Å². The molecule has 0 bridgehead atoms. The number of benzene rings is 2. The molecule has 2 atom stereocenters. The Morgan fingerprint density at radius 3 is 2.55 bits per heavy atom. The summed E-state index contributed by atoms with van der Waals surface area (Å²) in [5.41, 5.74) is 2.81. The molecule has 0 saturated carbocycles. The van der Waals surface area contributed by atoms with Crippen molar-refractivity contribution >= 4 is 34.3 Å². The average molecular weight is 407 g/mol. The molecule has 0 amide bonds. The molecule has 2 N–H and O–H groups in total. The number of ether oxygens (including phenoxy) is 1. The van der Waals surface area contributed by atoms with Gasteiger partial charge in [-0.25, -0.2) is 4.98 Å². The molecule has 5 nitrogen and oxygen atoms in total. The van der Waals surface area contributed by atoms with Crippen LogP contribution in [0.15, 0.2) is 78.2 Å². The predicted octanol–water partition coefficient (Wildman–Crippen LogP) is 5.33. The number of rotatable bonds is 6. The Hall–Kier alpha value is -3.05. The second-order valence-electron chi connectivity index (χ2n) is 7.00. The Kier molecular flexibility index (Phi) is 5.67. The van der Waals surface area contributed by atoms with Crippen molar-refractivity contribution in [3.05, 3.63) is 83.8 Å². The molecule has 0 aliphatic heterocycles. The molecule has 0 spiro atoms. The molecule has 3 aromatic rings. The molecule has 4 rings (SSSR count). The largest absolute Gasteiger partial charge is 0.495 e. The molecular weight excluding hydrogens is 384 g/mol. The first-order valence-corrected chi connectivity index (χ1v) is 10.0. The van der Waals surface area contributed by atoms with E-state index in [0.29, 0.717) is 12.5 Å². The van der Waals surface area contributed by atoms with Crippen LogP contribution in [0.2, 0.25) is 0 Å². The Morgan fingerprint density at radius 1 is 1.00 bits per heavy atom. The highest BCUT2D eigenvalue weighted by atomic mass is 35.5. The third-order valence-electron chi connectivity index (χ3n) is 4.88. The maximum Gasteiger partial charge on any atom is 0.229 e. The number of nitrogens with zero attached hydrogens (tertiary/aromatic N) is 2. The molecule has 6 heteroatoms. The van der Waals surface area contributed by atoms with Crippen LogP contribution in [-0.4, -0.2) is 22.5 Å². The monoisotopic (exact) mass is 406 g/mol. The lowest BCUT2D eigenvalue weighted by Gasteiger charge is -2.23. The van der Waals surface area contributed by atoms with E-state index in [0.717, 1.165) is 28.2 Å². The van der Waals surface area contributed by atoms with E-state index in [2.05, 4.69) is 34.7 Å². The van der Waals surface area contributed by atoms with E-state index in [9.17, 15) is 0 Å². The van der Waals surface area contributed by atoms with Gasteiger partial charge < -0.3 is 15.4 Å². The summed E-state index contributed by atoms with van der Waals surface area (Å²) in [6.45, 7) is 2.73. The SMILES string of the molecule is COC1=CC(C)C(Cl)C=C1Nc1nc(NCc2ccccc2)c2ccccc2n1. The van der Waals surface area contributed by atoms with Gasteiger partial charge in [-0.15, -0.1) is 11.6 Å². The third kappa shape index (κ3) is 4.35. The van der Waals surface area contributed by atoms with Crippen LogP contribution >= 0.6 is 11.6 Å². The molecule has 0 radical (unpaired) electrons. The quantitative estimate of drug-likeness (QED) is 0.542. The van der Waals surface area contributed by atoms with Gasteiger partial charge in [-0.1, -0.05) is 49.4 Å². The Balaban J connectivity index is 1.65. The van der Waals surface area contributed by atoms with Crippen molar-refractivity contribution in [2.24, 2.45) is 5.92 Å². The van der Waals surface area contributed by atoms with Crippen molar-refractivity contribution in [3.63, 3.8) is 0 Å². The van der Waals surface area contributed by atoms with Gasteiger partial charge in [-0.05, 0) is 35.8 Å². The van der Waals surface area contributed by atoms with Crippen molar-refractivity contribution in [2.75, 3.05) is 17.7 Å². The zero-order valence-electron chi connectivity index (χ0n) is 16.4. The third-order valence-corrected chi connectivity index (χ3v) is 5.40. The van der Waals surface area contributed by atoms with Crippen molar-refractivity contribution in [1.29, 1.82) is 0 Å². The van der Waals surface area contributed by atoms with Gasteiger partial charge in [0.2, 0.25) is 5.95 Å². The minimum Gasteiger partial charge on any atom is -0.495 e. The first-order valence-electron chi connectivity index (χ1n) is 9.57. The number of hydrogen-bond acceptors (Lipinski definition) is 5. The van der Waals surface area contributed by atoms with E-state index in [4.69, 9.17) is 21.3 Å². The Labute approximate surface area is 175 Å². The number of anilines is 2. The van der Waals surface area contributed by atoms with Gasteiger partial charge in [-0.3, -0.25) is 0 Å². The summed E-state index contributed by atoms with van der Waals surface area (Å²) in [5.74, 6) is 2.20. The van der Waals surface area contributed by atoms with Gasteiger partial charge in [0.25, 0.3) is 0 Å². The van der Waals surface area contributed by atoms with Crippen LogP contribution in [-0.2, 0) is 11.3 Å². The summed E-state index contributed by atoms with van der Waals surface area (Å²) in [4.78, 5) is 9.39. The highest BCUT2D eigenvalue weighted by Crippen LogP contribution is 2.29. The first-order chi connectivity index (χ1) is 14.1. The van der Waals surface area contributed by atoms with E-state index in [-0.39, 0.29) is 11.3 Å². The summed E-state index contributed by atoms with van der Waals surface area (Å²) in [7, 11) is 1.65. The van der Waals surface area contributed by atoms with Gasteiger partial charge in [0, 0.05) is 11.9 Å². The minimum atomic E-state index is -0.118. The van der Waals surface area contributed by atoms with Gasteiger partial charge in [-0.2, -0.15) is 4.98 Å². The zero-order valence-corrected chi connectivity index (χ0v) is 17.1. The van der Waals surface area contributed by atoms with E-state index >= 15 is 0 Å². The van der Waals surface area contributed by atoms with Crippen LogP contribution < -0.4 is 10.6 Å². The van der Waals surface area contributed by atoms with Gasteiger partial charge in [0.15, 0.2) is 0 Å². The number of fused-ring (bicyclic) bond motifs is 1. The fraction of sp³-hybridized carbons (Fsp3) is 0.217. The standard InChI is InChI=1S/C23H23ClN4O/c1-15-12-21(29-2)20(13-18(15)24)27-23-26-19-11-7-6-10-17(19)22(28-23)25-14-16-8-4-3-5-9-16/h3-13,15,18H,14H2,1-2H3,(H2,25,26,27,28). The second kappa shape index (κ2) is 8.53. The van der Waals surface area contributed by atoms with Crippen LogP contribution in [0, 0.1) is 5.92 Å². The first kappa shape index (κ1) is 19.3. The number of alkyl halides is 1. The number of methoxy groups -OCH3 is 1. The minimum absolute atomic E-state index is 0.118. The normalized spacial score (nSPS) is 18.7. The lowest BCUT2D eigenvalue weighted by molar-refractivity contribution is 0.294. The van der Waals surface area contributed by atoms with Crippen LogP contribution in [0.5, 0.6) is 0 Å². The number of halogens is 1. The van der Waals surface area contributed by atoms with Gasteiger partial charge >= 0.3 is 0 Å². The molecule has 2 aromatic carbocycles. The molecule has 1 aromatic heterocycles. The molecule has 2 unspecified atom stereocenters. The van der Waals surface area contributed by atoms with Crippen molar-refractivity contribution in [2.45, 2.75) is 18.8 Å². The average Bonchev–Trinajstić information content (AvgIpc) is 2.75. The summed E-state index contributed by atoms with van der Waals surface area (Å²) in [6, 6.07) is 18.2. The van der Waals surface area contributed by atoms with Crippen molar-refractivity contribution in [1.82, 2.24) is 9.97 Å². The highest BCUT2D eigenvalue weighted by Gasteiger charge is 2.21. The molecule has 29 heavy (non-hydrogen) atoms. The number of para-hydroxylation sites is 1. The second-order valence-corrected chi connectivity index (χ2v) is 7.50. The Bertz CT molecular complexity index is 1060. The predicted molar refractivity (Wildman–Crippen MR) is 119 cm³/mol. The van der Waals surface area contributed by atoms with Gasteiger partial charge in [0.1, 0.15) is 11.6 Å².